The van der Waals surface area contributed by atoms with Crippen LogP contribution in [0.4, 0.5) is 0 Å². The van der Waals surface area contributed by atoms with Gasteiger partial charge in [0.05, 0.1) is 17.1 Å². The molecule has 2 nitrogen and oxygen atoms in total. The molecular weight excluding hydrogens is 268 g/mol. The minimum Gasteiger partial charge on any atom is -0.340 e. The van der Waals surface area contributed by atoms with Crippen LogP contribution in [0.25, 0.3) is 32.6 Å². The van der Waals surface area contributed by atoms with Gasteiger partial charge in [0, 0.05) is 28.2 Å². The van der Waals surface area contributed by atoms with Crippen molar-refractivity contribution in [3.05, 3.63) is 60.2 Å². The first-order valence-electron chi connectivity index (χ1n) is 7.68. The molecule has 0 unspecified atom stereocenters. The minimum absolute atomic E-state index is 0.764. The van der Waals surface area contributed by atoms with Crippen LogP contribution in [0.2, 0.25) is 0 Å². The molecule has 0 amide bonds. The van der Waals surface area contributed by atoms with Crippen LogP contribution in [0, 0.1) is 11.3 Å². The summed E-state index contributed by atoms with van der Waals surface area (Å²) in [5.41, 5.74) is 3.17. The summed E-state index contributed by atoms with van der Waals surface area (Å²) in [7, 11) is 0. The van der Waals surface area contributed by atoms with E-state index in [0.717, 1.165) is 29.3 Å². The quantitative estimate of drug-likeness (QED) is 0.495. The molecule has 0 radical (unpaired) electrons. The summed E-state index contributed by atoms with van der Waals surface area (Å²) in [6, 6.07) is 21.2. The number of fused-ring (bicyclic) bond motifs is 5. The molecule has 0 spiro atoms. The maximum absolute atomic E-state index is 9.63. The highest BCUT2D eigenvalue weighted by Gasteiger charge is 2.16. The van der Waals surface area contributed by atoms with E-state index in [-0.39, 0.29) is 0 Å². The zero-order valence-electron chi connectivity index (χ0n) is 12.5. The third-order valence-corrected chi connectivity index (χ3v) is 4.32. The van der Waals surface area contributed by atoms with E-state index < -0.39 is 0 Å². The molecule has 0 saturated heterocycles. The highest BCUT2D eigenvalue weighted by Crippen LogP contribution is 2.36. The van der Waals surface area contributed by atoms with Crippen LogP contribution in [-0.2, 0) is 6.54 Å². The van der Waals surface area contributed by atoms with Gasteiger partial charge in [0.2, 0.25) is 0 Å². The standard InChI is InChI=1S/C20H16N2/c1-2-11-22-18-10-6-5-9-17(18)19-15(13-21)12-14-7-3-4-8-16(14)20(19)22/h3-10,12H,2,11H2,1H3. The monoisotopic (exact) mass is 284 g/mol. The van der Waals surface area contributed by atoms with Gasteiger partial charge in [-0.1, -0.05) is 49.4 Å². The molecule has 0 N–H and O–H groups in total. The second kappa shape index (κ2) is 4.89. The summed E-state index contributed by atoms with van der Waals surface area (Å²) in [6.45, 7) is 3.15. The smallest absolute Gasteiger partial charge is 0.0999 e. The van der Waals surface area contributed by atoms with Gasteiger partial charge in [0.15, 0.2) is 0 Å². The first-order valence-corrected chi connectivity index (χ1v) is 7.68. The van der Waals surface area contributed by atoms with Crippen LogP contribution in [0.5, 0.6) is 0 Å². The van der Waals surface area contributed by atoms with Crippen molar-refractivity contribution < 1.29 is 0 Å². The predicted octanol–water partition coefficient (Wildman–Crippen LogP) is 5.23. The number of aromatic nitrogens is 1. The molecular formula is C20H16N2. The van der Waals surface area contributed by atoms with Gasteiger partial charge < -0.3 is 4.57 Å². The summed E-state index contributed by atoms with van der Waals surface area (Å²) in [6.07, 6.45) is 1.07. The molecule has 0 aliphatic carbocycles. The van der Waals surface area contributed by atoms with Gasteiger partial charge in [-0.25, -0.2) is 0 Å². The van der Waals surface area contributed by atoms with Crippen molar-refractivity contribution in [2.24, 2.45) is 0 Å². The topological polar surface area (TPSA) is 28.7 Å². The molecule has 0 saturated carbocycles. The van der Waals surface area contributed by atoms with Crippen molar-refractivity contribution in [3.63, 3.8) is 0 Å². The number of rotatable bonds is 2. The van der Waals surface area contributed by atoms with Crippen LogP contribution < -0.4 is 0 Å². The fraction of sp³-hybridized carbons (Fsp3) is 0.150. The van der Waals surface area contributed by atoms with E-state index in [0.29, 0.717) is 0 Å². The molecule has 0 aliphatic heterocycles. The molecule has 1 aromatic heterocycles. The fourth-order valence-corrected chi connectivity index (χ4v) is 3.47. The summed E-state index contributed by atoms with van der Waals surface area (Å²) in [4.78, 5) is 0. The van der Waals surface area contributed by atoms with E-state index in [1.54, 1.807) is 0 Å². The first-order chi connectivity index (χ1) is 10.8. The lowest BCUT2D eigenvalue weighted by molar-refractivity contribution is 0.725. The Balaban J connectivity index is 2.36. The fourth-order valence-electron chi connectivity index (χ4n) is 3.47. The number of hydrogen-bond donors (Lipinski definition) is 0. The van der Waals surface area contributed by atoms with Crippen LogP contribution in [0.1, 0.15) is 18.9 Å². The summed E-state index contributed by atoms with van der Waals surface area (Å²) < 4.78 is 2.37. The molecule has 106 valence electrons. The third-order valence-electron chi connectivity index (χ3n) is 4.32. The lowest BCUT2D eigenvalue weighted by atomic mass is 10.0. The van der Waals surface area contributed by atoms with Crippen LogP contribution >= 0.6 is 0 Å². The summed E-state index contributed by atoms with van der Waals surface area (Å²) in [5, 5.41) is 14.3. The van der Waals surface area contributed by atoms with Crippen molar-refractivity contribution in [2.75, 3.05) is 0 Å². The zero-order chi connectivity index (χ0) is 15.1. The van der Waals surface area contributed by atoms with E-state index in [9.17, 15) is 5.26 Å². The van der Waals surface area contributed by atoms with Crippen LogP contribution in [0.15, 0.2) is 54.6 Å². The number of benzene rings is 3. The van der Waals surface area contributed by atoms with Crippen molar-refractivity contribution in [3.8, 4) is 6.07 Å². The molecule has 4 rings (SSSR count). The molecule has 3 aromatic carbocycles. The van der Waals surface area contributed by atoms with Gasteiger partial charge in [-0.2, -0.15) is 5.26 Å². The summed E-state index contributed by atoms with van der Waals surface area (Å²) in [5.74, 6) is 0. The Bertz CT molecular complexity index is 1050. The lowest BCUT2D eigenvalue weighted by Crippen LogP contribution is -1.96. The molecule has 22 heavy (non-hydrogen) atoms. The largest absolute Gasteiger partial charge is 0.340 e. The normalized spacial score (nSPS) is 11.3. The van der Waals surface area contributed by atoms with E-state index in [2.05, 4.69) is 60.0 Å². The minimum atomic E-state index is 0.764. The zero-order valence-corrected chi connectivity index (χ0v) is 12.5. The molecule has 0 bridgehead atoms. The average Bonchev–Trinajstić information content (AvgIpc) is 2.90. The maximum Gasteiger partial charge on any atom is 0.0999 e. The van der Waals surface area contributed by atoms with E-state index in [1.807, 2.05) is 12.1 Å². The first kappa shape index (κ1) is 12.9. The number of hydrogen-bond acceptors (Lipinski definition) is 1. The van der Waals surface area contributed by atoms with Gasteiger partial charge >= 0.3 is 0 Å². The van der Waals surface area contributed by atoms with Crippen molar-refractivity contribution in [1.82, 2.24) is 4.57 Å². The molecule has 1 heterocycles. The van der Waals surface area contributed by atoms with Gasteiger partial charge in [0.1, 0.15) is 0 Å². The van der Waals surface area contributed by atoms with E-state index >= 15 is 0 Å². The molecule has 4 aromatic rings. The third kappa shape index (κ3) is 1.66. The maximum atomic E-state index is 9.63. The average molecular weight is 284 g/mol. The van der Waals surface area contributed by atoms with E-state index in [4.69, 9.17) is 0 Å². The van der Waals surface area contributed by atoms with Crippen LogP contribution in [-0.4, -0.2) is 4.57 Å². The second-order valence-corrected chi connectivity index (χ2v) is 5.65. The van der Waals surface area contributed by atoms with Crippen molar-refractivity contribution in [1.29, 1.82) is 5.26 Å². The van der Waals surface area contributed by atoms with Crippen molar-refractivity contribution in [2.45, 2.75) is 19.9 Å². The highest BCUT2D eigenvalue weighted by molar-refractivity contribution is 6.19. The predicted molar refractivity (Wildman–Crippen MR) is 92.0 cm³/mol. The lowest BCUT2D eigenvalue weighted by Gasteiger charge is -2.08. The van der Waals surface area contributed by atoms with Gasteiger partial charge in [-0.15, -0.1) is 0 Å². The van der Waals surface area contributed by atoms with Gasteiger partial charge in [-0.05, 0) is 23.9 Å². The Morgan fingerprint density at radius 1 is 1.00 bits per heavy atom. The van der Waals surface area contributed by atoms with Crippen molar-refractivity contribution >= 4 is 32.6 Å². The Labute approximate surface area is 129 Å². The Morgan fingerprint density at radius 2 is 1.73 bits per heavy atom. The Hall–Kier alpha value is -2.79. The van der Waals surface area contributed by atoms with Gasteiger partial charge in [0.25, 0.3) is 0 Å². The summed E-state index contributed by atoms with van der Waals surface area (Å²) >= 11 is 0. The molecule has 0 atom stereocenters. The Kier molecular flexibility index (Phi) is 2.87. The number of para-hydroxylation sites is 1. The molecule has 0 aliphatic rings. The SMILES string of the molecule is CCCn1c2ccccc2c2c(C#N)cc3ccccc3c21. The van der Waals surface area contributed by atoms with Gasteiger partial charge in [-0.3, -0.25) is 0 Å². The second-order valence-electron chi connectivity index (χ2n) is 5.65. The molecule has 0 fully saturated rings. The van der Waals surface area contributed by atoms with E-state index in [1.165, 1.54) is 21.8 Å². The number of nitriles is 1. The number of nitrogens with zero attached hydrogens (tertiary/aromatic N) is 2. The number of aryl methyl sites for hydroxylation is 1. The van der Waals surface area contributed by atoms with Crippen LogP contribution in [0.3, 0.4) is 0 Å². The Morgan fingerprint density at radius 3 is 2.50 bits per heavy atom. The highest BCUT2D eigenvalue weighted by atomic mass is 15.0. The molecule has 2 heteroatoms.